The van der Waals surface area contributed by atoms with Gasteiger partial charge >= 0.3 is 0 Å². The quantitative estimate of drug-likeness (QED) is 0.825. The Morgan fingerprint density at radius 2 is 2.11 bits per heavy atom. The first-order chi connectivity index (χ1) is 13.6. The number of hydrogen-bond donors (Lipinski definition) is 2. The average Bonchev–Trinajstić information content (AvgIpc) is 3.12. The Morgan fingerprint density at radius 1 is 1.29 bits per heavy atom. The van der Waals surface area contributed by atoms with Crippen molar-refractivity contribution in [1.29, 1.82) is 0 Å². The van der Waals surface area contributed by atoms with Crippen LogP contribution in [0.3, 0.4) is 0 Å². The van der Waals surface area contributed by atoms with Gasteiger partial charge in [-0.15, -0.1) is 0 Å². The van der Waals surface area contributed by atoms with Crippen molar-refractivity contribution in [2.45, 2.75) is 50.2 Å². The highest BCUT2D eigenvalue weighted by atomic mass is 16.5. The molecular weight excluding hydrogens is 358 g/mol. The maximum Gasteiger partial charge on any atom is 0.223 e. The molecule has 1 saturated heterocycles. The molecule has 1 aliphatic carbocycles. The number of aryl methyl sites for hydroxylation is 1. The number of ether oxygens (including phenoxy) is 1. The number of nitrogens with one attached hydrogen (secondary N) is 1. The van der Waals surface area contributed by atoms with Gasteiger partial charge in [-0.05, 0) is 44.2 Å². The minimum Gasteiger partial charge on any atom is -0.391 e. The summed E-state index contributed by atoms with van der Waals surface area (Å²) in [7, 11) is 1.89. The number of hydrogen-bond acceptors (Lipinski definition) is 6. The summed E-state index contributed by atoms with van der Waals surface area (Å²) in [5, 5.41) is 18.1. The Bertz CT molecular complexity index is 803. The number of amides is 1. The lowest BCUT2D eigenvalue weighted by Gasteiger charge is -2.34. The van der Waals surface area contributed by atoms with Crippen molar-refractivity contribution in [2.75, 3.05) is 13.2 Å². The third kappa shape index (κ3) is 4.07. The number of nitrogens with zero attached hydrogens (tertiary/aromatic N) is 4. The maximum absolute atomic E-state index is 12.6. The van der Waals surface area contributed by atoms with Crippen molar-refractivity contribution in [3.63, 3.8) is 0 Å². The smallest absolute Gasteiger partial charge is 0.223 e. The normalized spacial score (nSPS) is 26.1. The van der Waals surface area contributed by atoms with E-state index in [4.69, 9.17) is 9.72 Å². The Morgan fingerprint density at radius 3 is 2.86 bits per heavy atom. The van der Waals surface area contributed by atoms with Crippen LogP contribution in [-0.4, -0.2) is 56.1 Å². The zero-order valence-electron chi connectivity index (χ0n) is 16.1. The summed E-state index contributed by atoms with van der Waals surface area (Å²) in [6.45, 7) is 1.26. The van der Waals surface area contributed by atoms with Gasteiger partial charge in [0.1, 0.15) is 5.82 Å². The first-order valence-corrected chi connectivity index (χ1v) is 9.99. The number of pyridine rings is 1. The predicted octanol–water partition coefficient (Wildman–Crippen LogP) is 1.42. The molecule has 1 amide bonds. The van der Waals surface area contributed by atoms with Gasteiger partial charge < -0.3 is 15.2 Å². The van der Waals surface area contributed by atoms with Crippen molar-refractivity contribution >= 4 is 5.91 Å². The van der Waals surface area contributed by atoms with E-state index in [1.54, 1.807) is 12.4 Å². The van der Waals surface area contributed by atoms with Gasteiger partial charge in [-0.25, -0.2) is 4.98 Å². The summed E-state index contributed by atoms with van der Waals surface area (Å²) in [5.41, 5.74) is 0.879. The fraction of sp³-hybridized carbons (Fsp3) is 0.600. The second-order valence-electron chi connectivity index (χ2n) is 7.74. The van der Waals surface area contributed by atoms with E-state index < -0.39 is 6.10 Å². The first-order valence-electron chi connectivity index (χ1n) is 9.99. The number of rotatable bonds is 4. The lowest BCUT2D eigenvalue weighted by molar-refractivity contribution is -0.129. The fourth-order valence-electron chi connectivity index (χ4n) is 4.17. The van der Waals surface area contributed by atoms with Crippen LogP contribution in [0.2, 0.25) is 0 Å². The molecule has 28 heavy (non-hydrogen) atoms. The van der Waals surface area contributed by atoms with Gasteiger partial charge in [0.05, 0.1) is 12.1 Å². The standard InChI is InChI=1S/C20H27N5O3/c1-25-19(23-18(24-25)15-3-2-8-21-12-15)14-4-5-17(26)16(11-14)22-20(27)13-6-9-28-10-7-13/h2-3,8,12-14,16-17,26H,4-7,9-11H2,1H3,(H,22,27)/t14-,16+,17+/m0/s1. The van der Waals surface area contributed by atoms with Crippen molar-refractivity contribution in [3.8, 4) is 11.4 Å². The molecule has 0 spiro atoms. The highest BCUT2D eigenvalue weighted by Crippen LogP contribution is 2.33. The van der Waals surface area contributed by atoms with E-state index in [2.05, 4.69) is 15.4 Å². The van der Waals surface area contributed by atoms with E-state index in [1.807, 2.05) is 23.9 Å². The fourth-order valence-corrected chi connectivity index (χ4v) is 4.17. The van der Waals surface area contributed by atoms with Crippen LogP contribution in [0.15, 0.2) is 24.5 Å². The number of carbonyl (C=O) groups excluding carboxylic acids is 1. The summed E-state index contributed by atoms with van der Waals surface area (Å²) in [6.07, 6.45) is 6.57. The second kappa shape index (κ2) is 8.36. The lowest BCUT2D eigenvalue weighted by atomic mass is 9.82. The molecule has 2 aromatic rings. The molecule has 0 radical (unpaired) electrons. The molecule has 0 bridgehead atoms. The molecule has 2 N–H and O–H groups in total. The van der Waals surface area contributed by atoms with E-state index in [0.29, 0.717) is 31.9 Å². The van der Waals surface area contributed by atoms with Crippen LogP contribution in [-0.2, 0) is 16.6 Å². The van der Waals surface area contributed by atoms with Crippen molar-refractivity contribution < 1.29 is 14.6 Å². The highest BCUT2D eigenvalue weighted by molar-refractivity contribution is 5.79. The van der Waals surface area contributed by atoms with Crippen LogP contribution >= 0.6 is 0 Å². The molecule has 2 aromatic heterocycles. The van der Waals surface area contributed by atoms with Crippen LogP contribution in [0.4, 0.5) is 0 Å². The molecule has 1 saturated carbocycles. The third-order valence-electron chi connectivity index (χ3n) is 5.82. The molecule has 2 aliphatic rings. The zero-order chi connectivity index (χ0) is 19.5. The van der Waals surface area contributed by atoms with Crippen molar-refractivity contribution in [3.05, 3.63) is 30.4 Å². The van der Waals surface area contributed by atoms with Gasteiger partial charge in [-0.1, -0.05) is 0 Å². The summed E-state index contributed by atoms with van der Waals surface area (Å²) in [6, 6.07) is 3.55. The number of aromatic nitrogens is 4. The van der Waals surface area contributed by atoms with Crippen LogP contribution in [0.5, 0.6) is 0 Å². The van der Waals surface area contributed by atoms with Crippen molar-refractivity contribution in [2.24, 2.45) is 13.0 Å². The van der Waals surface area contributed by atoms with Gasteiger partial charge in [0.2, 0.25) is 5.91 Å². The van der Waals surface area contributed by atoms with E-state index in [-0.39, 0.29) is 23.8 Å². The topological polar surface area (TPSA) is 102 Å². The van der Waals surface area contributed by atoms with Gasteiger partial charge in [-0.3, -0.25) is 14.5 Å². The molecule has 3 heterocycles. The van der Waals surface area contributed by atoms with Crippen LogP contribution in [0.25, 0.3) is 11.4 Å². The number of aliphatic hydroxyl groups is 1. The van der Waals surface area contributed by atoms with Crippen molar-refractivity contribution in [1.82, 2.24) is 25.1 Å². The van der Waals surface area contributed by atoms with E-state index >= 15 is 0 Å². The Labute approximate surface area is 164 Å². The second-order valence-corrected chi connectivity index (χ2v) is 7.74. The number of carbonyl (C=O) groups is 1. The van der Waals surface area contributed by atoms with Gasteiger partial charge in [0.15, 0.2) is 5.82 Å². The third-order valence-corrected chi connectivity index (χ3v) is 5.82. The van der Waals surface area contributed by atoms with Gasteiger partial charge in [0.25, 0.3) is 0 Å². The summed E-state index contributed by atoms with van der Waals surface area (Å²) in [4.78, 5) is 21.5. The molecule has 0 aromatic carbocycles. The molecule has 4 rings (SSSR count). The Hall–Kier alpha value is -2.32. The Balaban J connectivity index is 1.46. The molecule has 150 valence electrons. The zero-order valence-corrected chi connectivity index (χ0v) is 16.1. The highest BCUT2D eigenvalue weighted by Gasteiger charge is 2.35. The molecule has 3 atom stereocenters. The molecular formula is C20H27N5O3. The van der Waals surface area contributed by atoms with Crippen LogP contribution in [0, 0.1) is 5.92 Å². The minimum atomic E-state index is -0.522. The largest absolute Gasteiger partial charge is 0.391 e. The Kier molecular flexibility index (Phi) is 5.68. The van der Waals surface area contributed by atoms with Crippen LogP contribution in [0.1, 0.15) is 43.8 Å². The first kappa shape index (κ1) is 19.0. The monoisotopic (exact) mass is 385 g/mol. The van der Waals surface area contributed by atoms with Crippen LogP contribution < -0.4 is 5.32 Å². The number of aliphatic hydroxyl groups excluding tert-OH is 1. The minimum absolute atomic E-state index is 0.0201. The van der Waals surface area contributed by atoms with Gasteiger partial charge in [-0.2, -0.15) is 5.10 Å². The predicted molar refractivity (Wildman–Crippen MR) is 102 cm³/mol. The van der Waals surface area contributed by atoms with E-state index in [0.717, 1.165) is 30.7 Å². The van der Waals surface area contributed by atoms with Gasteiger partial charge in [0, 0.05) is 50.1 Å². The molecule has 0 unspecified atom stereocenters. The summed E-state index contributed by atoms with van der Waals surface area (Å²) >= 11 is 0. The summed E-state index contributed by atoms with van der Waals surface area (Å²) in [5.74, 6) is 1.69. The molecule has 1 aliphatic heterocycles. The average molecular weight is 385 g/mol. The SMILES string of the molecule is Cn1nc(-c2cccnc2)nc1[C@H]1CC[C@@H](O)[C@H](NC(=O)C2CCOCC2)C1. The molecule has 8 nitrogen and oxygen atoms in total. The summed E-state index contributed by atoms with van der Waals surface area (Å²) < 4.78 is 7.14. The maximum atomic E-state index is 12.6. The molecule has 2 fully saturated rings. The van der Waals surface area contributed by atoms with E-state index in [1.165, 1.54) is 0 Å². The molecule has 8 heteroatoms. The van der Waals surface area contributed by atoms with E-state index in [9.17, 15) is 9.90 Å². The lowest BCUT2D eigenvalue weighted by Crippen LogP contribution is -2.49.